The Kier molecular flexibility index (Phi) is 18.4. The van der Waals surface area contributed by atoms with Crippen molar-refractivity contribution in [3.63, 3.8) is 0 Å². The first-order valence-corrected chi connectivity index (χ1v) is 17.7. The zero-order chi connectivity index (χ0) is 36.2. The number of nitrogens with zero attached hydrogens (tertiary/aromatic N) is 2. The maximum Gasteiger partial charge on any atom is 0.326 e. The summed E-state index contributed by atoms with van der Waals surface area (Å²) in [4.78, 5) is 69.0. The number of hydrogen-bond acceptors (Lipinski definition) is 8. The highest BCUT2D eigenvalue weighted by Gasteiger charge is 2.43. The third-order valence-electron chi connectivity index (χ3n) is 9.60. The van der Waals surface area contributed by atoms with E-state index in [1.54, 1.807) is 30.8 Å². The van der Waals surface area contributed by atoms with Crippen LogP contribution in [-0.4, -0.2) is 128 Å². The van der Waals surface area contributed by atoms with Crippen LogP contribution in [0.4, 0.5) is 0 Å². The van der Waals surface area contributed by atoms with Gasteiger partial charge in [0.2, 0.25) is 23.6 Å². The van der Waals surface area contributed by atoms with E-state index in [0.717, 1.165) is 12.8 Å². The highest BCUT2D eigenvalue weighted by Crippen LogP contribution is 2.29. The Morgan fingerprint density at radius 3 is 2.00 bits per heavy atom. The van der Waals surface area contributed by atoms with Crippen LogP contribution in [0.5, 0.6) is 0 Å². The number of ether oxygens (including phenoxy) is 2. The van der Waals surface area contributed by atoms with Gasteiger partial charge in [0.1, 0.15) is 12.1 Å². The monoisotopic (exact) mass is 687 g/mol. The molecule has 4 amide bonds. The van der Waals surface area contributed by atoms with Crippen LogP contribution in [0.15, 0.2) is 0 Å². The quantitative estimate of drug-likeness (QED) is 0.140. The highest BCUT2D eigenvalue weighted by molar-refractivity contribution is 7.16. The van der Waals surface area contributed by atoms with E-state index in [-0.39, 0.29) is 48.1 Å². The molecule has 0 saturated carbocycles. The molecule has 4 N–H and O–H groups in total. The number of amides is 4. The zero-order valence-electron chi connectivity index (χ0n) is 30.4. The van der Waals surface area contributed by atoms with Gasteiger partial charge in [-0.05, 0) is 43.8 Å². The summed E-state index contributed by atoms with van der Waals surface area (Å²) in [6, 6.07) is -3.13. The van der Waals surface area contributed by atoms with Crippen molar-refractivity contribution >= 4 is 38.8 Å². The van der Waals surface area contributed by atoms with Crippen LogP contribution < -0.4 is 16.0 Å². The van der Waals surface area contributed by atoms with Crippen molar-refractivity contribution in [3.8, 4) is 0 Å². The average molecular weight is 688 g/mol. The van der Waals surface area contributed by atoms with Crippen LogP contribution in [0.3, 0.4) is 0 Å². The summed E-state index contributed by atoms with van der Waals surface area (Å²) < 4.78 is 11.7. The summed E-state index contributed by atoms with van der Waals surface area (Å²) in [5.41, 5.74) is 0. The fraction of sp³-hybridized carbons (Fsp3) is 0.848. The van der Waals surface area contributed by atoms with Crippen LogP contribution in [0.25, 0.3) is 0 Å². The van der Waals surface area contributed by atoms with E-state index < -0.39 is 60.2 Å². The first kappa shape index (κ1) is 42.7. The highest BCUT2D eigenvalue weighted by atomic mass is 31.0. The number of likely N-dealkylation sites (tertiary alicyclic amines) is 1. The first-order chi connectivity index (χ1) is 22.0. The Morgan fingerprint density at radius 1 is 0.957 bits per heavy atom. The van der Waals surface area contributed by atoms with Crippen molar-refractivity contribution in [2.75, 3.05) is 41.0 Å². The minimum atomic E-state index is -1.13. The summed E-state index contributed by atoms with van der Waals surface area (Å²) in [6.45, 7) is 13.8. The van der Waals surface area contributed by atoms with E-state index in [9.17, 15) is 29.1 Å². The molecule has 0 spiro atoms. The second-order valence-corrected chi connectivity index (χ2v) is 13.9. The van der Waals surface area contributed by atoms with Crippen molar-refractivity contribution in [2.24, 2.45) is 23.7 Å². The molecule has 1 fully saturated rings. The SMILES string of the molecule is CC[C@H](C)[C@@H]([C@@H](CC(=O)N1CCC[C@H]1[C@H](OC)[C@@H](C)C(=O)N[C@@H](CP)C(=O)O)OC)N(C)C(=O)[C@@H](NC(=O)[C@@H](NC)C(C)C)C(C)C. The number of methoxy groups -OCH3 is 2. The van der Waals surface area contributed by atoms with Gasteiger partial charge < -0.3 is 40.3 Å². The molecular weight excluding hydrogens is 625 g/mol. The fourth-order valence-electron chi connectivity index (χ4n) is 6.57. The van der Waals surface area contributed by atoms with Gasteiger partial charge in [-0.2, -0.15) is 0 Å². The molecule has 0 aromatic heterocycles. The van der Waals surface area contributed by atoms with Gasteiger partial charge in [0, 0.05) is 27.8 Å². The Balaban J connectivity index is 3.25. The molecule has 1 saturated heterocycles. The van der Waals surface area contributed by atoms with Crippen molar-refractivity contribution < 1.29 is 38.6 Å². The Hall–Kier alpha value is -2.34. The number of carboxylic acids is 1. The Bertz CT molecular complexity index is 1050. The smallest absolute Gasteiger partial charge is 0.326 e. The number of likely N-dealkylation sites (N-methyl/N-ethyl adjacent to an activating group) is 2. The van der Waals surface area contributed by atoms with Crippen molar-refractivity contribution in [3.05, 3.63) is 0 Å². The molecule has 10 atom stereocenters. The van der Waals surface area contributed by atoms with Crippen LogP contribution in [0, 0.1) is 23.7 Å². The van der Waals surface area contributed by atoms with E-state index in [0.29, 0.717) is 13.0 Å². The van der Waals surface area contributed by atoms with E-state index in [4.69, 9.17) is 9.47 Å². The van der Waals surface area contributed by atoms with E-state index in [2.05, 4.69) is 25.2 Å². The molecular formula is C33H62N5O8P. The molecule has 1 aliphatic heterocycles. The molecule has 1 rings (SSSR count). The van der Waals surface area contributed by atoms with E-state index in [1.165, 1.54) is 14.2 Å². The van der Waals surface area contributed by atoms with E-state index >= 15 is 0 Å². The Morgan fingerprint density at radius 2 is 1.55 bits per heavy atom. The predicted octanol–water partition coefficient (Wildman–Crippen LogP) is 1.74. The summed E-state index contributed by atoms with van der Waals surface area (Å²) in [5.74, 6) is -3.17. The Labute approximate surface area is 284 Å². The minimum Gasteiger partial charge on any atom is -0.480 e. The standard InChI is InChI=1S/C33H62N5O8P/c1-12-20(6)28(37(9)32(42)27(19(4)5)36-31(41)26(34-8)18(2)3)24(45-10)16-25(39)38-15-13-14-23(38)29(46-11)21(7)30(40)35-22(17-47)33(43)44/h18-24,26-29,34H,12-17,47H2,1-11H3,(H,35,40)(H,36,41)(H,43,44)/t20-,21+,22-,23-,24+,26-,27-,28-,29+/m0/s1. The maximum absolute atomic E-state index is 14.0. The predicted molar refractivity (Wildman–Crippen MR) is 185 cm³/mol. The molecule has 0 aliphatic carbocycles. The molecule has 1 aliphatic rings. The van der Waals surface area contributed by atoms with Crippen LogP contribution in [0.2, 0.25) is 0 Å². The molecule has 13 nitrogen and oxygen atoms in total. The summed E-state index contributed by atoms with van der Waals surface area (Å²) in [7, 11) is 8.76. The molecule has 14 heteroatoms. The number of carbonyl (C=O) groups excluding carboxylic acids is 4. The van der Waals surface area contributed by atoms with Gasteiger partial charge in [0.15, 0.2) is 0 Å². The lowest BCUT2D eigenvalue weighted by Gasteiger charge is -2.41. The van der Waals surface area contributed by atoms with Crippen molar-refractivity contribution in [1.29, 1.82) is 0 Å². The number of carbonyl (C=O) groups is 5. The van der Waals surface area contributed by atoms with Gasteiger partial charge in [-0.1, -0.05) is 54.9 Å². The molecule has 47 heavy (non-hydrogen) atoms. The lowest BCUT2D eigenvalue weighted by molar-refractivity contribution is -0.148. The number of nitrogens with one attached hydrogen (secondary N) is 3. The van der Waals surface area contributed by atoms with Crippen LogP contribution >= 0.6 is 9.24 Å². The minimum absolute atomic E-state index is 0.00132. The lowest BCUT2D eigenvalue weighted by Crippen LogP contribution is -2.59. The second kappa shape index (κ2) is 20.2. The topological polar surface area (TPSA) is 167 Å². The van der Waals surface area contributed by atoms with Crippen molar-refractivity contribution in [1.82, 2.24) is 25.8 Å². The van der Waals surface area contributed by atoms with Gasteiger partial charge in [-0.15, -0.1) is 9.24 Å². The van der Waals surface area contributed by atoms with Gasteiger partial charge in [0.25, 0.3) is 0 Å². The van der Waals surface area contributed by atoms with Crippen LogP contribution in [-0.2, 0) is 33.4 Å². The van der Waals surface area contributed by atoms with Gasteiger partial charge in [-0.3, -0.25) is 19.2 Å². The van der Waals surface area contributed by atoms with E-state index in [1.807, 2.05) is 41.5 Å². The third kappa shape index (κ3) is 11.4. The normalized spacial score (nSPS) is 20.1. The first-order valence-electron chi connectivity index (χ1n) is 16.8. The zero-order valence-corrected chi connectivity index (χ0v) is 31.5. The lowest BCUT2D eigenvalue weighted by atomic mass is 9.89. The number of carboxylic acid groups (broad SMARTS) is 1. The second-order valence-electron chi connectivity index (χ2n) is 13.5. The van der Waals surface area contributed by atoms with Crippen molar-refractivity contribution in [2.45, 2.75) is 117 Å². The number of aliphatic carboxylic acids is 1. The molecule has 1 unspecified atom stereocenters. The molecule has 272 valence electrons. The maximum atomic E-state index is 14.0. The van der Waals surface area contributed by atoms with Gasteiger partial charge in [0.05, 0.1) is 42.7 Å². The molecule has 0 aromatic carbocycles. The summed E-state index contributed by atoms with van der Waals surface area (Å²) in [5, 5.41) is 17.9. The molecule has 0 aromatic rings. The number of rotatable bonds is 20. The van der Waals surface area contributed by atoms with Crippen LogP contribution in [0.1, 0.15) is 74.1 Å². The summed E-state index contributed by atoms with van der Waals surface area (Å²) >= 11 is 0. The average Bonchev–Trinajstić information content (AvgIpc) is 3.51. The van der Waals surface area contributed by atoms with Gasteiger partial charge >= 0.3 is 5.97 Å². The molecule has 0 bridgehead atoms. The number of hydrogen-bond donors (Lipinski definition) is 4. The molecule has 1 heterocycles. The summed E-state index contributed by atoms with van der Waals surface area (Å²) in [6.07, 6.45) is 0.930. The van der Waals surface area contributed by atoms with Gasteiger partial charge in [-0.25, -0.2) is 4.79 Å². The molecule has 0 radical (unpaired) electrons. The fourth-order valence-corrected chi connectivity index (χ4v) is 6.89. The third-order valence-corrected chi connectivity index (χ3v) is 10.1. The largest absolute Gasteiger partial charge is 0.480 e.